The fourth-order valence-corrected chi connectivity index (χ4v) is 3.36. The number of fused-ring (bicyclic) bond motifs is 1. The zero-order chi connectivity index (χ0) is 15.5. The molecule has 1 saturated heterocycles. The predicted octanol–water partition coefficient (Wildman–Crippen LogP) is 2.02. The largest absolute Gasteiger partial charge is 0.469 e. The molecule has 6 nitrogen and oxygen atoms in total. The molecule has 118 valence electrons. The van der Waals surface area contributed by atoms with Crippen molar-refractivity contribution in [2.24, 2.45) is 0 Å². The molecule has 0 spiro atoms. The first-order valence-corrected chi connectivity index (χ1v) is 8.26. The monoisotopic (exact) mass is 321 g/mol. The molecule has 0 bridgehead atoms. The number of morpholine rings is 1. The first-order valence-electron chi connectivity index (χ1n) is 7.38. The Morgan fingerprint density at radius 3 is 3.18 bits per heavy atom. The van der Waals surface area contributed by atoms with Gasteiger partial charge >= 0.3 is 5.97 Å². The molecule has 1 fully saturated rings. The van der Waals surface area contributed by atoms with Crippen molar-refractivity contribution in [3.05, 3.63) is 17.3 Å². The van der Waals surface area contributed by atoms with E-state index in [1.54, 1.807) is 11.3 Å². The maximum Gasteiger partial charge on any atom is 0.308 e. The second-order valence-corrected chi connectivity index (χ2v) is 6.07. The van der Waals surface area contributed by atoms with Crippen LogP contribution >= 0.6 is 11.3 Å². The van der Waals surface area contributed by atoms with Gasteiger partial charge in [0.15, 0.2) is 0 Å². The van der Waals surface area contributed by atoms with Crippen molar-refractivity contribution in [2.45, 2.75) is 25.9 Å². The van der Waals surface area contributed by atoms with E-state index in [0.29, 0.717) is 13.2 Å². The second kappa shape index (κ2) is 6.58. The summed E-state index contributed by atoms with van der Waals surface area (Å²) in [7, 11) is 1.40. The minimum Gasteiger partial charge on any atom is -0.469 e. The molecule has 3 rings (SSSR count). The molecule has 2 aromatic heterocycles. The number of nitrogens with zero attached hydrogens (tertiary/aromatic N) is 3. The Balaban J connectivity index is 1.86. The van der Waals surface area contributed by atoms with Crippen LogP contribution in [-0.2, 0) is 20.7 Å². The predicted molar refractivity (Wildman–Crippen MR) is 85.4 cm³/mol. The molecule has 0 aromatic carbocycles. The molecule has 7 heteroatoms. The zero-order valence-corrected chi connectivity index (χ0v) is 13.6. The Labute approximate surface area is 133 Å². The maximum atomic E-state index is 11.4. The molecule has 22 heavy (non-hydrogen) atoms. The van der Waals surface area contributed by atoms with Gasteiger partial charge in [0.25, 0.3) is 0 Å². The molecule has 3 heterocycles. The van der Waals surface area contributed by atoms with Gasteiger partial charge in [-0.05, 0) is 11.4 Å². The maximum absolute atomic E-state index is 11.4. The fourth-order valence-electron chi connectivity index (χ4n) is 2.59. The van der Waals surface area contributed by atoms with Crippen LogP contribution in [0.25, 0.3) is 10.2 Å². The van der Waals surface area contributed by atoms with E-state index in [2.05, 4.69) is 22.9 Å². The lowest BCUT2D eigenvalue weighted by molar-refractivity contribution is -0.144. The third-order valence-electron chi connectivity index (χ3n) is 3.73. The van der Waals surface area contributed by atoms with E-state index in [1.165, 1.54) is 7.11 Å². The number of anilines is 1. The molecule has 0 amide bonds. The summed E-state index contributed by atoms with van der Waals surface area (Å²) in [5, 5.41) is 3.11. The van der Waals surface area contributed by atoms with Gasteiger partial charge in [-0.15, -0.1) is 11.3 Å². The highest BCUT2D eigenvalue weighted by Gasteiger charge is 2.25. The van der Waals surface area contributed by atoms with E-state index in [9.17, 15) is 4.79 Å². The van der Waals surface area contributed by atoms with E-state index in [1.807, 2.05) is 5.38 Å². The van der Waals surface area contributed by atoms with Gasteiger partial charge in [0.05, 0.1) is 31.6 Å². The summed E-state index contributed by atoms with van der Waals surface area (Å²) >= 11 is 1.63. The average molecular weight is 321 g/mol. The van der Waals surface area contributed by atoms with Crippen LogP contribution in [0, 0.1) is 0 Å². The summed E-state index contributed by atoms with van der Waals surface area (Å²) in [6.07, 6.45) is 0.914. The third kappa shape index (κ3) is 3.05. The first-order chi connectivity index (χ1) is 10.7. The van der Waals surface area contributed by atoms with Crippen LogP contribution in [0.4, 0.5) is 5.82 Å². The van der Waals surface area contributed by atoms with Gasteiger partial charge in [0.2, 0.25) is 0 Å². The van der Waals surface area contributed by atoms with E-state index < -0.39 is 0 Å². The minimum atomic E-state index is -0.246. The average Bonchev–Trinajstić information content (AvgIpc) is 3.02. The number of hydrogen-bond donors (Lipinski definition) is 0. The molecule has 1 atom stereocenters. The number of hydrogen-bond acceptors (Lipinski definition) is 7. The summed E-state index contributed by atoms with van der Waals surface area (Å²) in [5.41, 5.74) is 0. The number of carbonyl (C=O) groups excluding carboxylic acids is 1. The lowest BCUT2D eigenvalue weighted by atomic mass is 10.2. The van der Waals surface area contributed by atoms with Gasteiger partial charge < -0.3 is 14.4 Å². The summed E-state index contributed by atoms with van der Waals surface area (Å²) in [6.45, 7) is 4.04. The third-order valence-corrected chi connectivity index (χ3v) is 4.53. The van der Waals surface area contributed by atoms with Gasteiger partial charge in [-0.25, -0.2) is 9.97 Å². The molecule has 1 aliphatic rings. The van der Waals surface area contributed by atoms with Crippen molar-refractivity contribution in [1.82, 2.24) is 9.97 Å². The number of aromatic nitrogens is 2. The van der Waals surface area contributed by atoms with Crippen LogP contribution in [0.2, 0.25) is 0 Å². The van der Waals surface area contributed by atoms with Gasteiger partial charge in [-0.1, -0.05) is 6.92 Å². The Morgan fingerprint density at radius 2 is 2.41 bits per heavy atom. The van der Waals surface area contributed by atoms with Crippen LogP contribution < -0.4 is 4.90 Å². The molecule has 0 radical (unpaired) electrons. The molecular weight excluding hydrogens is 302 g/mol. The van der Waals surface area contributed by atoms with Crippen molar-refractivity contribution in [1.29, 1.82) is 0 Å². The zero-order valence-electron chi connectivity index (χ0n) is 12.7. The van der Waals surface area contributed by atoms with Gasteiger partial charge in [0, 0.05) is 19.5 Å². The van der Waals surface area contributed by atoms with E-state index in [4.69, 9.17) is 14.5 Å². The van der Waals surface area contributed by atoms with Crippen molar-refractivity contribution < 1.29 is 14.3 Å². The van der Waals surface area contributed by atoms with Crippen molar-refractivity contribution in [2.75, 3.05) is 31.7 Å². The van der Waals surface area contributed by atoms with Crippen LogP contribution in [0.5, 0.6) is 0 Å². The molecule has 1 unspecified atom stereocenters. The molecule has 0 saturated carbocycles. The highest BCUT2D eigenvalue weighted by molar-refractivity contribution is 7.16. The Bertz CT molecular complexity index is 673. The highest BCUT2D eigenvalue weighted by Crippen LogP contribution is 2.29. The summed E-state index contributed by atoms with van der Waals surface area (Å²) in [5.74, 6) is 1.55. The van der Waals surface area contributed by atoms with Crippen LogP contribution in [0.1, 0.15) is 19.2 Å². The van der Waals surface area contributed by atoms with Crippen LogP contribution in [0.15, 0.2) is 11.4 Å². The molecule has 0 N–H and O–H groups in total. The summed E-state index contributed by atoms with van der Waals surface area (Å²) in [4.78, 5) is 23.9. The Morgan fingerprint density at radius 1 is 1.55 bits per heavy atom. The first kappa shape index (κ1) is 15.2. The highest BCUT2D eigenvalue weighted by atomic mass is 32.1. The summed E-state index contributed by atoms with van der Waals surface area (Å²) < 4.78 is 10.4. The number of aryl methyl sites for hydroxylation is 1. The molecule has 2 aromatic rings. The number of rotatable bonds is 4. The van der Waals surface area contributed by atoms with E-state index in [-0.39, 0.29) is 18.5 Å². The van der Waals surface area contributed by atoms with Crippen molar-refractivity contribution in [3.8, 4) is 0 Å². The van der Waals surface area contributed by atoms with Crippen molar-refractivity contribution in [3.63, 3.8) is 0 Å². The van der Waals surface area contributed by atoms with Crippen LogP contribution in [-0.4, -0.2) is 48.8 Å². The Kier molecular flexibility index (Phi) is 4.54. The quantitative estimate of drug-likeness (QED) is 0.803. The second-order valence-electron chi connectivity index (χ2n) is 5.18. The van der Waals surface area contributed by atoms with Crippen LogP contribution in [0.3, 0.4) is 0 Å². The van der Waals surface area contributed by atoms with Gasteiger partial charge in [-0.3, -0.25) is 4.79 Å². The van der Waals surface area contributed by atoms with E-state index in [0.717, 1.165) is 34.8 Å². The van der Waals surface area contributed by atoms with Gasteiger partial charge in [-0.2, -0.15) is 0 Å². The number of carbonyl (C=O) groups is 1. The minimum absolute atomic E-state index is 0.157. The number of thiophene rings is 1. The number of esters is 1. The topological polar surface area (TPSA) is 64.6 Å². The van der Waals surface area contributed by atoms with E-state index >= 15 is 0 Å². The number of methoxy groups -OCH3 is 1. The fraction of sp³-hybridized carbons (Fsp3) is 0.533. The molecule has 0 aliphatic carbocycles. The van der Waals surface area contributed by atoms with Crippen molar-refractivity contribution >= 4 is 33.3 Å². The summed E-state index contributed by atoms with van der Waals surface area (Å²) in [6, 6.07) is 2.06. The van der Waals surface area contributed by atoms with Gasteiger partial charge in [0.1, 0.15) is 16.5 Å². The smallest absolute Gasteiger partial charge is 0.308 e. The SMILES string of the molecule is CCc1nc(N2CCOC(CC(=O)OC)C2)c2ccsc2n1. The lowest BCUT2D eigenvalue weighted by Crippen LogP contribution is -2.44. The number of ether oxygens (including phenoxy) is 2. The molecular formula is C15H19N3O3S. The normalized spacial score (nSPS) is 18.6. The lowest BCUT2D eigenvalue weighted by Gasteiger charge is -2.33. The molecule has 1 aliphatic heterocycles. The standard InChI is InChI=1S/C15H19N3O3S/c1-3-12-16-14(11-4-7-22-15(11)17-12)18-5-6-21-10(9-18)8-13(19)20-2/h4,7,10H,3,5-6,8-9H2,1-2H3. The Hall–Kier alpha value is -1.73.